The predicted octanol–water partition coefficient (Wildman–Crippen LogP) is 1.51. The molecule has 5 nitrogen and oxygen atoms in total. The van der Waals surface area contributed by atoms with Gasteiger partial charge in [-0.05, 0) is 32.6 Å². The minimum Gasteiger partial charge on any atom is -0.481 e. The van der Waals surface area contributed by atoms with Crippen molar-refractivity contribution in [2.24, 2.45) is 0 Å². The minimum absolute atomic E-state index is 0.138. The molecule has 1 aromatic rings. The maximum absolute atomic E-state index is 9.44. The van der Waals surface area contributed by atoms with E-state index in [9.17, 15) is 5.11 Å². The van der Waals surface area contributed by atoms with Crippen LogP contribution in [0.25, 0.3) is 0 Å². The smallest absolute Gasteiger partial charge is 0.226 e. The van der Waals surface area contributed by atoms with Crippen molar-refractivity contribution < 1.29 is 9.84 Å². The topological polar surface area (TPSA) is 67.3 Å². The fourth-order valence-corrected chi connectivity index (χ4v) is 2.11. The summed E-state index contributed by atoms with van der Waals surface area (Å²) in [6.45, 7) is 1.92. The molecule has 0 saturated heterocycles. The number of hydrogen-bond acceptors (Lipinski definition) is 5. The van der Waals surface area contributed by atoms with Crippen molar-refractivity contribution >= 4 is 5.95 Å². The third kappa shape index (κ3) is 3.30. The van der Waals surface area contributed by atoms with E-state index >= 15 is 0 Å². The Morgan fingerprint density at radius 2 is 2.00 bits per heavy atom. The van der Waals surface area contributed by atoms with E-state index < -0.39 is 0 Å². The van der Waals surface area contributed by atoms with E-state index in [1.807, 2.05) is 6.92 Å². The number of nitrogens with one attached hydrogen (secondary N) is 1. The van der Waals surface area contributed by atoms with Crippen LogP contribution in [-0.2, 0) is 0 Å². The summed E-state index contributed by atoms with van der Waals surface area (Å²) in [7, 11) is 1.60. The van der Waals surface area contributed by atoms with E-state index in [2.05, 4.69) is 15.3 Å². The molecular weight excluding hydrogens is 218 g/mol. The van der Waals surface area contributed by atoms with Crippen LogP contribution in [0.5, 0.6) is 5.88 Å². The van der Waals surface area contributed by atoms with Crippen molar-refractivity contribution in [3.63, 3.8) is 0 Å². The van der Waals surface area contributed by atoms with E-state index in [4.69, 9.17) is 4.74 Å². The Bertz CT molecular complexity index is 376. The second-order valence-corrected chi connectivity index (χ2v) is 4.53. The molecule has 1 fully saturated rings. The lowest BCUT2D eigenvalue weighted by Gasteiger charge is -2.26. The van der Waals surface area contributed by atoms with Crippen LogP contribution in [0.3, 0.4) is 0 Å². The fraction of sp³-hybridized carbons (Fsp3) is 0.667. The zero-order chi connectivity index (χ0) is 12.3. The first-order chi connectivity index (χ1) is 8.17. The quantitative estimate of drug-likeness (QED) is 0.834. The summed E-state index contributed by atoms with van der Waals surface area (Å²) in [6.07, 6.45) is 3.48. The molecule has 17 heavy (non-hydrogen) atoms. The summed E-state index contributed by atoms with van der Waals surface area (Å²) < 4.78 is 5.11. The highest BCUT2D eigenvalue weighted by atomic mass is 16.5. The third-order valence-corrected chi connectivity index (χ3v) is 3.07. The largest absolute Gasteiger partial charge is 0.481 e. The molecule has 0 spiro atoms. The third-order valence-electron chi connectivity index (χ3n) is 3.07. The van der Waals surface area contributed by atoms with Gasteiger partial charge in [0.25, 0.3) is 0 Å². The first-order valence-corrected chi connectivity index (χ1v) is 6.01. The number of anilines is 1. The lowest BCUT2D eigenvalue weighted by molar-refractivity contribution is 0.126. The first-order valence-electron chi connectivity index (χ1n) is 6.01. The lowest BCUT2D eigenvalue weighted by Crippen LogP contribution is -2.29. The van der Waals surface area contributed by atoms with Crippen LogP contribution in [0.4, 0.5) is 5.95 Å². The van der Waals surface area contributed by atoms with E-state index in [1.54, 1.807) is 13.2 Å². The Kier molecular flexibility index (Phi) is 3.78. The number of hydrogen-bond donors (Lipinski definition) is 2. The molecule has 1 saturated carbocycles. The number of ether oxygens (including phenoxy) is 1. The second kappa shape index (κ2) is 5.31. The SMILES string of the molecule is COc1cc(C)nc(NC2CCC(O)CC2)n1. The molecule has 94 valence electrons. The van der Waals surface area contributed by atoms with Crippen molar-refractivity contribution in [2.45, 2.75) is 44.8 Å². The lowest BCUT2D eigenvalue weighted by atomic mass is 9.93. The van der Waals surface area contributed by atoms with Crippen LogP contribution in [0.15, 0.2) is 6.07 Å². The number of nitrogens with zero attached hydrogens (tertiary/aromatic N) is 2. The van der Waals surface area contributed by atoms with Crippen LogP contribution in [0.1, 0.15) is 31.4 Å². The van der Waals surface area contributed by atoms with Gasteiger partial charge in [0.1, 0.15) is 0 Å². The second-order valence-electron chi connectivity index (χ2n) is 4.53. The Morgan fingerprint density at radius 3 is 2.65 bits per heavy atom. The molecule has 0 unspecified atom stereocenters. The number of methoxy groups -OCH3 is 1. The van der Waals surface area contributed by atoms with Gasteiger partial charge in [-0.2, -0.15) is 4.98 Å². The molecule has 2 N–H and O–H groups in total. The minimum atomic E-state index is -0.138. The molecule has 1 aromatic heterocycles. The molecule has 0 aliphatic heterocycles. The van der Waals surface area contributed by atoms with Crippen molar-refractivity contribution in [1.82, 2.24) is 9.97 Å². The average molecular weight is 237 g/mol. The normalized spacial score (nSPS) is 24.4. The van der Waals surface area contributed by atoms with Crippen LogP contribution in [0.2, 0.25) is 0 Å². The Morgan fingerprint density at radius 1 is 1.29 bits per heavy atom. The molecule has 1 heterocycles. The predicted molar refractivity (Wildman–Crippen MR) is 65.2 cm³/mol. The average Bonchev–Trinajstić information content (AvgIpc) is 2.31. The molecule has 0 aromatic carbocycles. The molecule has 0 amide bonds. The van der Waals surface area contributed by atoms with Gasteiger partial charge >= 0.3 is 0 Å². The van der Waals surface area contributed by atoms with Gasteiger partial charge in [0.15, 0.2) is 0 Å². The van der Waals surface area contributed by atoms with E-state index in [1.165, 1.54) is 0 Å². The highest BCUT2D eigenvalue weighted by molar-refractivity contribution is 5.31. The van der Waals surface area contributed by atoms with Gasteiger partial charge in [-0.3, -0.25) is 0 Å². The highest BCUT2D eigenvalue weighted by Crippen LogP contribution is 2.21. The number of aliphatic hydroxyl groups excluding tert-OH is 1. The monoisotopic (exact) mass is 237 g/mol. The van der Waals surface area contributed by atoms with Crippen LogP contribution >= 0.6 is 0 Å². The first kappa shape index (κ1) is 12.1. The number of aromatic nitrogens is 2. The molecular formula is C12H19N3O2. The maximum Gasteiger partial charge on any atom is 0.226 e. The van der Waals surface area contributed by atoms with Crippen molar-refractivity contribution in [2.75, 3.05) is 12.4 Å². The summed E-state index contributed by atoms with van der Waals surface area (Å²) in [4.78, 5) is 8.59. The van der Waals surface area contributed by atoms with E-state index in [0.717, 1.165) is 31.4 Å². The van der Waals surface area contributed by atoms with Crippen LogP contribution in [-0.4, -0.2) is 34.3 Å². The molecule has 0 atom stereocenters. The number of aryl methyl sites for hydroxylation is 1. The Hall–Kier alpha value is -1.36. The van der Waals surface area contributed by atoms with Gasteiger partial charge < -0.3 is 15.2 Å². The van der Waals surface area contributed by atoms with Crippen molar-refractivity contribution in [3.8, 4) is 5.88 Å². The van der Waals surface area contributed by atoms with Gasteiger partial charge in [-0.1, -0.05) is 0 Å². The zero-order valence-corrected chi connectivity index (χ0v) is 10.3. The Balaban J connectivity index is 2.00. The van der Waals surface area contributed by atoms with Gasteiger partial charge in [-0.15, -0.1) is 0 Å². The summed E-state index contributed by atoms with van der Waals surface area (Å²) in [5.74, 6) is 1.19. The van der Waals surface area contributed by atoms with E-state index in [-0.39, 0.29) is 6.10 Å². The molecule has 1 aliphatic rings. The van der Waals surface area contributed by atoms with Gasteiger partial charge in [0.05, 0.1) is 13.2 Å². The van der Waals surface area contributed by atoms with Crippen LogP contribution in [0, 0.1) is 6.92 Å². The number of rotatable bonds is 3. The number of aliphatic hydroxyl groups is 1. The summed E-state index contributed by atoms with van der Waals surface area (Å²) in [5.41, 5.74) is 0.884. The van der Waals surface area contributed by atoms with Crippen LogP contribution < -0.4 is 10.1 Å². The van der Waals surface area contributed by atoms with Gasteiger partial charge in [0.2, 0.25) is 11.8 Å². The summed E-state index contributed by atoms with van der Waals surface area (Å²) >= 11 is 0. The molecule has 0 radical (unpaired) electrons. The standard InChI is InChI=1S/C12H19N3O2/c1-8-7-11(17-2)15-12(13-8)14-9-3-5-10(16)6-4-9/h7,9-10,16H,3-6H2,1-2H3,(H,13,14,15). The molecule has 0 bridgehead atoms. The van der Waals surface area contributed by atoms with Crippen molar-refractivity contribution in [3.05, 3.63) is 11.8 Å². The summed E-state index contributed by atoms with van der Waals surface area (Å²) in [5, 5.41) is 12.7. The fourth-order valence-electron chi connectivity index (χ4n) is 2.11. The zero-order valence-electron chi connectivity index (χ0n) is 10.3. The highest BCUT2D eigenvalue weighted by Gasteiger charge is 2.19. The van der Waals surface area contributed by atoms with Gasteiger partial charge in [-0.25, -0.2) is 4.98 Å². The van der Waals surface area contributed by atoms with Gasteiger partial charge in [0, 0.05) is 17.8 Å². The molecule has 5 heteroatoms. The summed E-state index contributed by atoms with van der Waals surface area (Å²) in [6, 6.07) is 2.15. The molecule has 1 aliphatic carbocycles. The van der Waals surface area contributed by atoms with E-state index in [0.29, 0.717) is 17.9 Å². The Labute approximate surface area is 101 Å². The molecule has 2 rings (SSSR count). The maximum atomic E-state index is 9.44. The van der Waals surface area contributed by atoms with Crippen molar-refractivity contribution in [1.29, 1.82) is 0 Å².